The fourth-order valence-corrected chi connectivity index (χ4v) is 1.89. The third-order valence-electron chi connectivity index (χ3n) is 1.98. The number of rotatable bonds is 6. The van der Waals surface area contributed by atoms with Crippen LogP contribution in [0.5, 0.6) is 0 Å². The zero-order chi connectivity index (χ0) is 9.52. The molecule has 0 amide bonds. The molecule has 0 aliphatic carbocycles. The third-order valence-corrected chi connectivity index (χ3v) is 2.98. The minimum atomic E-state index is 0.164. The Bertz CT molecular complexity index is 209. The SMILES string of the molecule is CCCCNCC(N)c1cccs1. The van der Waals surface area contributed by atoms with Crippen LogP contribution >= 0.6 is 11.3 Å². The average Bonchev–Trinajstić information content (AvgIpc) is 2.65. The Morgan fingerprint density at radius 2 is 2.46 bits per heavy atom. The number of nitrogens with two attached hydrogens (primary N) is 1. The maximum atomic E-state index is 5.97. The van der Waals surface area contributed by atoms with Crippen LogP contribution in [0, 0.1) is 0 Å². The van der Waals surface area contributed by atoms with E-state index in [0.29, 0.717) is 0 Å². The van der Waals surface area contributed by atoms with E-state index < -0.39 is 0 Å². The van der Waals surface area contributed by atoms with Crippen LogP contribution in [-0.4, -0.2) is 13.1 Å². The van der Waals surface area contributed by atoms with Gasteiger partial charge in [0.25, 0.3) is 0 Å². The maximum absolute atomic E-state index is 5.97. The summed E-state index contributed by atoms with van der Waals surface area (Å²) in [7, 11) is 0. The molecule has 13 heavy (non-hydrogen) atoms. The maximum Gasteiger partial charge on any atom is 0.0516 e. The molecule has 1 heterocycles. The van der Waals surface area contributed by atoms with Crippen LogP contribution in [0.15, 0.2) is 17.5 Å². The van der Waals surface area contributed by atoms with Gasteiger partial charge in [-0.1, -0.05) is 19.4 Å². The molecule has 0 aromatic carbocycles. The first-order chi connectivity index (χ1) is 6.34. The lowest BCUT2D eigenvalue weighted by atomic mass is 10.2. The Kier molecular flexibility index (Phi) is 5.05. The molecule has 1 atom stereocenters. The zero-order valence-electron chi connectivity index (χ0n) is 8.12. The average molecular weight is 198 g/mol. The van der Waals surface area contributed by atoms with Gasteiger partial charge in [-0.15, -0.1) is 11.3 Å². The second-order valence-electron chi connectivity index (χ2n) is 3.18. The van der Waals surface area contributed by atoms with Crippen molar-refractivity contribution in [3.05, 3.63) is 22.4 Å². The summed E-state index contributed by atoms with van der Waals surface area (Å²) in [6.07, 6.45) is 2.47. The van der Waals surface area contributed by atoms with E-state index in [2.05, 4.69) is 23.7 Å². The van der Waals surface area contributed by atoms with Crippen molar-refractivity contribution in [2.45, 2.75) is 25.8 Å². The second kappa shape index (κ2) is 6.13. The highest BCUT2D eigenvalue weighted by Gasteiger charge is 2.04. The summed E-state index contributed by atoms with van der Waals surface area (Å²) >= 11 is 1.73. The molecule has 1 aromatic rings. The van der Waals surface area contributed by atoms with Gasteiger partial charge in [-0.2, -0.15) is 0 Å². The molecule has 3 heteroatoms. The van der Waals surface area contributed by atoms with Crippen LogP contribution in [0.1, 0.15) is 30.7 Å². The highest BCUT2D eigenvalue weighted by atomic mass is 32.1. The summed E-state index contributed by atoms with van der Waals surface area (Å²) in [5.74, 6) is 0. The lowest BCUT2D eigenvalue weighted by Gasteiger charge is -2.10. The fourth-order valence-electron chi connectivity index (χ4n) is 1.16. The highest BCUT2D eigenvalue weighted by Crippen LogP contribution is 2.15. The first-order valence-corrected chi connectivity index (χ1v) is 5.72. The van der Waals surface area contributed by atoms with Crippen LogP contribution in [0.4, 0.5) is 0 Å². The molecule has 74 valence electrons. The lowest BCUT2D eigenvalue weighted by molar-refractivity contribution is 0.583. The number of nitrogens with one attached hydrogen (secondary N) is 1. The van der Waals surface area contributed by atoms with Crippen LogP contribution in [0.2, 0.25) is 0 Å². The molecule has 1 unspecified atom stereocenters. The highest BCUT2D eigenvalue weighted by molar-refractivity contribution is 7.10. The van der Waals surface area contributed by atoms with Gasteiger partial charge in [-0.25, -0.2) is 0 Å². The van der Waals surface area contributed by atoms with Crippen molar-refractivity contribution in [3.63, 3.8) is 0 Å². The van der Waals surface area contributed by atoms with Crippen molar-refractivity contribution < 1.29 is 0 Å². The standard InChI is InChI=1S/C10H18N2S/c1-2-3-6-12-8-9(11)10-5-4-7-13-10/h4-5,7,9,12H,2-3,6,8,11H2,1H3. The van der Waals surface area contributed by atoms with Gasteiger partial charge in [0.2, 0.25) is 0 Å². The lowest BCUT2D eigenvalue weighted by Crippen LogP contribution is -2.26. The van der Waals surface area contributed by atoms with Crippen LogP contribution in [0.25, 0.3) is 0 Å². The molecule has 0 aliphatic rings. The predicted octanol–water partition coefficient (Wildman–Crippen LogP) is 2.14. The molecule has 0 spiro atoms. The Morgan fingerprint density at radius 1 is 1.62 bits per heavy atom. The van der Waals surface area contributed by atoms with Crippen molar-refractivity contribution in [2.75, 3.05) is 13.1 Å². The van der Waals surface area contributed by atoms with E-state index in [1.54, 1.807) is 11.3 Å². The fraction of sp³-hybridized carbons (Fsp3) is 0.600. The molecule has 0 bridgehead atoms. The van der Waals surface area contributed by atoms with E-state index >= 15 is 0 Å². The Morgan fingerprint density at radius 3 is 3.08 bits per heavy atom. The summed E-state index contributed by atoms with van der Waals surface area (Å²) in [6.45, 7) is 4.16. The number of unbranched alkanes of at least 4 members (excludes halogenated alkanes) is 1. The Hall–Kier alpha value is -0.380. The van der Waals surface area contributed by atoms with Crippen LogP contribution in [0.3, 0.4) is 0 Å². The van der Waals surface area contributed by atoms with Gasteiger partial charge in [-0.3, -0.25) is 0 Å². The van der Waals surface area contributed by atoms with Gasteiger partial charge in [0, 0.05) is 11.4 Å². The van der Waals surface area contributed by atoms with Crippen molar-refractivity contribution in [1.82, 2.24) is 5.32 Å². The van der Waals surface area contributed by atoms with E-state index in [4.69, 9.17) is 5.73 Å². The molecule has 1 rings (SSSR count). The quantitative estimate of drug-likeness (QED) is 0.687. The van der Waals surface area contributed by atoms with Crippen molar-refractivity contribution in [3.8, 4) is 0 Å². The van der Waals surface area contributed by atoms with E-state index in [-0.39, 0.29) is 6.04 Å². The zero-order valence-corrected chi connectivity index (χ0v) is 8.94. The normalized spacial score (nSPS) is 13.1. The molecule has 2 nitrogen and oxygen atoms in total. The Labute approximate surface area is 84.2 Å². The number of thiophene rings is 1. The summed E-state index contributed by atoms with van der Waals surface area (Å²) in [4.78, 5) is 1.27. The largest absolute Gasteiger partial charge is 0.322 e. The third kappa shape index (κ3) is 3.89. The summed E-state index contributed by atoms with van der Waals surface area (Å²) in [6, 6.07) is 4.31. The van der Waals surface area contributed by atoms with E-state index in [0.717, 1.165) is 13.1 Å². The molecule has 0 saturated heterocycles. The van der Waals surface area contributed by atoms with Gasteiger partial charge >= 0.3 is 0 Å². The van der Waals surface area contributed by atoms with E-state index in [1.807, 2.05) is 6.07 Å². The first kappa shape index (κ1) is 10.7. The van der Waals surface area contributed by atoms with Crippen molar-refractivity contribution in [1.29, 1.82) is 0 Å². The smallest absolute Gasteiger partial charge is 0.0516 e. The Balaban J connectivity index is 2.15. The van der Waals surface area contributed by atoms with E-state index in [9.17, 15) is 0 Å². The minimum absolute atomic E-state index is 0.164. The summed E-state index contributed by atoms with van der Waals surface area (Å²) < 4.78 is 0. The first-order valence-electron chi connectivity index (χ1n) is 4.84. The molecule has 0 aliphatic heterocycles. The van der Waals surface area contributed by atoms with Gasteiger partial charge in [0.15, 0.2) is 0 Å². The molecule has 0 radical (unpaired) electrons. The molecule has 0 saturated carbocycles. The molecule has 3 N–H and O–H groups in total. The summed E-state index contributed by atoms with van der Waals surface area (Å²) in [5, 5.41) is 5.43. The van der Waals surface area contributed by atoms with Crippen LogP contribution in [-0.2, 0) is 0 Å². The van der Waals surface area contributed by atoms with E-state index in [1.165, 1.54) is 17.7 Å². The summed E-state index contributed by atoms with van der Waals surface area (Å²) in [5.41, 5.74) is 5.97. The van der Waals surface area contributed by atoms with Gasteiger partial charge in [0.1, 0.15) is 0 Å². The number of hydrogen-bond acceptors (Lipinski definition) is 3. The number of hydrogen-bond donors (Lipinski definition) is 2. The predicted molar refractivity (Wildman–Crippen MR) is 59.0 cm³/mol. The van der Waals surface area contributed by atoms with Gasteiger partial charge < -0.3 is 11.1 Å². The van der Waals surface area contributed by atoms with Crippen LogP contribution < -0.4 is 11.1 Å². The van der Waals surface area contributed by atoms with Crippen molar-refractivity contribution in [2.24, 2.45) is 5.73 Å². The molecule has 1 aromatic heterocycles. The topological polar surface area (TPSA) is 38.0 Å². The second-order valence-corrected chi connectivity index (χ2v) is 4.16. The monoisotopic (exact) mass is 198 g/mol. The molecular weight excluding hydrogens is 180 g/mol. The van der Waals surface area contributed by atoms with Gasteiger partial charge in [-0.05, 0) is 24.4 Å². The van der Waals surface area contributed by atoms with Crippen molar-refractivity contribution >= 4 is 11.3 Å². The van der Waals surface area contributed by atoms with Gasteiger partial charge in [0.05, 0.1) is 6.04 Å². The minimum Gasteiger partial charge on any atom is -0.322 e. The molecular formula is C10H18N2S. The molecule has 0 fully saturated rings.